The number of rotatable bonds is 5. The fourth-order valence-corrected chi connectivity index (χ4v) is 2.67. The lowest BCUT2D eigenvalue weighted by atomic mass is 10.2. The largest absolute Gasteiger partial charge is 0.486 e. The lowest BCUT2D eigenvalue weighted by molar-refractivity contribution is 0.0977. The molecule has 0 aliphatic carbocycles. The van der Waals surface area contributed by atoms with Crippen LogP contribution in [0.25, 0.3) is 0 Å². The van der Waals surface area contributed by atoms with E-state index in [0.29, 0.717) is 24.0 Å². The summed E-state index contributed by atoms with van der Waals surface area (Å²) in [6.45, 7) is -0.190. The quantitative estimate of drug-likeness (QED) is 0.819. The normalized spacial score (nSPS) is 11.2. The predicted molar refractivity (Wildman–Crippen MR) is 89.5 cm³/mol. The van der Waals surface area contributed by atoms with Crippen LogP contribution in [0, 0.1) is 11.6 Å². The Morgan fingerprint density at radius 3 is 2.52 bits per heavy atom. The molecule has 1 N–H and O–H groups in total. The summed E-state index contributed by atoms with van der Waals surface area (Å²) in [4.78, 5) is 11.6. The molecule has 5 nitrogen and oxygen atoms in total. The van der Waals surface area contributed by atoms with Gasteiger partial charge in [-0.15, -0.1) is 0 Å². The molecule has 2 aromatic carbocycles. The molecule has 0 spiro atoms. The van der Waals surface area contributed by atoms with E-state index in [4.69, 9.17) is 27.9 Å². The Balaban J connectivity index is 2.22. The molecule has 0 aliphatic rings. The molecule has 25 heavy (non-hydrogen) atoms. The highest BCUT2D eigenvalue weighted by Gasteiger charge is 2.19. The van der Waals surface area contributed by atoms with Crippen LogP contribution in [0.2, 0.25) is 10.0 Å². The fourth-order valence-electron chi connectivity index (χ4n) is 1.85. The SMILES string of the molecule is CS(=O)(=O)NC(=O)c1cc(F)c(OCc2cccc(Cl)c2Cl)cc1F. The van der Waals surface area contributed by atoms with Crippen molar-refractivity contribution in [3.63, 3.8) is 0 Å². The highest BCUT2D eigenvalue weighted by atomic mass is 35.5. The Labute approximate surface area is 152 Å². The van der Waals surface area contributed by atoms with Gasteiger partial charge in [-0.05, 0) is 12.1 Å². The lowest BCUT2D eigenvalue weighted by Gasteiger charge is -2.11. The predicted octanol–water partition coefficient (Wildman–Crippen LogP) is 3.54. The first-order chi connectivity index (χ1) is 11.6. The number of halogens is 4. The van der Waals surface area contributed by atoms with Gasteiger partial charge in [0.15, 0.2) is 11.6 Å². The molecule has 2 rings (SSSR count). The molecule has 0 bridgehead atoms. The third kappa shape index (κ3) is 5.04. The number of hydrogen-bond donors (Lipinski definition) is 1. The molecular formula is C15H11Cl2F2NO4S. The van der Waals surface area contributed by atoms with Crippen molar-refractivity contribution in [2.45, 2.75) is 6.61 Å². The molecule has 0 aromatic heterocycles. The first-order valence-corrected chi connectivity index (χ1v) is 9.30. The number of sulfonamides is 1. The van der Waals surface area contributed by atoms with Crippen LogP contribution in [0.5, 0.6) is 5.75 Å². The van der Waals surface area contributed by atoms with Crippen molar-refractivity contribution in [2.24, 2.45) is 0 Å². The van der Waals surface area contributed by atoms with E-state index in [1.165, 1.54) is 0 Å². The van der Waals surface area contributed by atoms with E-state index >= 15 is 0 Å². The van der Waals surface area contributed by atoms with Gasteiger partial charge in [-0.1, -0.05) is 35.3 Å². The second-order valence-electron chi connectivity index (χ2n) is 4.97. The minimum atomic E-state index is -3.91. The van der Waals surface area contributed by atoms with Gasteiger partial charge in [0.2, 0.25) is 10.0 Å². The first-order valence-electron chi connectivity index (χ1n) is 6.65. The highest BCUT2D eigenvalue weighted by molar-refractivity contribution is 7.89. The zero-order chi connectivity index (χ0) is 18.8. The molecule has 0 aliphatic heterocycles. The molecule has 1 amide bonds. The lowest BCUT2D eigenvalue weighted by Crippen LogP contribution is -2.30. The molecule has 0 saturated carbocycles. The van der Waals surface area contributed by atoms with Crippen molar-refractivity contribution in [1.29, 1.82) is 0 Å². The van der Waals surface area contributed by atoms with E-state index in [9.17, 15) is 22.0 Å². The van der Waals surface area contributed by atoms with Gasteiger partial charge in [-0.3, -0.25) is 4.79 Å². The molecule has 0 radical (unpaired) electrons. The maximum absolute atomic E-state index is 14.0. The Bertz CT molecular complexity index is 935. The monoisotopic (exact) mass is 409 g/mol. The molecule has 10 heteroatoms. The Hall–Kier alpha value is -1.90. The smallest absolute Gasteiger partial charge is 0.267 e. The summed E-state index contributed by atoms with van der Waals surface area (Å²) in [6, 6.07) is 5.96. The molecule has 0 heterocycles. The van der Waals surface area contributed by atoms with Crippen LogP contribution in [0.1, 0.15) is 15.9 Å². The van der Waals surface area contributed by atoms with E-state index in [-0.39, 0.29) is 16.7 Å². The summed E-state index contributed by atoms with van der Waals surface area (Å²) in [5.74, 6) is -3.94. The van der Waals surface area contributed by atoms with Crippen LogP contribution in [0.3, 0.4) is 0 Å². The molecule has 0 fully saturated rings. The Kier molecular flexibility index (Phi) is 5.87. The van der Waals surface area contributed by atoms with Crippen molar-refractivity contribution < 1.29 is 26.7 Å². The standard InChI is InChI=1S/C15H11Cl2F2NO4S/c1-25(22,23)20-15(21)9-5-12(19)13(6-11(9)18)24-7-8-3-2-4-10(16)14(8)17/h2-6H,7H2,1H3,(H,20,21). The van der Waals surface area contributed by atoms with Crippen molar-refractivity contribution in [3.05, 3.63) is 63.1 Å². The van der Waals surface area contributed by atoms with Crippen molar-refractivity contribution in [3.8, 4) is 5.75 Å². The molecule has 0 atom stereocenters. The molecular weight excluding hydrogens is 399 g/mol. The van der Waals surface area contributed by atoms with Gasteiger partial charge in [0.05, 0.1) is 21.9 Å². The van der Waals surface area contributed by atoms with E-state index in [2.05, 4.69) is 0 Å². The van der Waals surface area contributed by atoms with Gasteiger partial charge in [0, 0.05) is 11.6 Å². The van der Waals surface area contributed by atoms with E-state index < -0.39 is 38.9 Å². The van der Waals surface area contributed by atoms with Gasteiger partial charge < -0.3 is 4.74 Å². The number of nitrogens with one attached hydrogen (secondary N) is 1. The first kappa shape index (κ1) is 19.4. The average molecular weight is 410 g/mol. The molecule has 0 saturated heterocycles. The third-order valence-corrected chi connectivity index (χ3v) is 4.37. The van der Waals surface area contributed by atoms with Crippen LogP contribution in [0.15, 0.2) is 30.3 Å². The summed E-state index contributed by atoms with van der Waals surface area (Å²) in [5.41, 5.74) is -0.316. The van der Waals surface area contributed by atoms with Crippen LogP contribution >= 0.6 is 23.2 Å². The zero-order valence-electron chi connectivity index (χ0n) is 12.6. The van der Waals surface area contributed by atoms with Crippen LogP contribution < -0.4 is 9.46 Å². The Morgan fingerprint density at radius 1 is 1.20 bits per heavy atom. The number of ether oxygens (including phenoxy) is 1. The minimum absolute atomic E-state index is 0.190. The van der Waals surface area contributed by atoms with Crippen molar-refractivity contribution in [1.82, 2.24) is 4.72 Å². The van der Waals surface area contributed by atoms with Crippen LogP contribution in [-0.4, -0.2) is 20.6 Å². The van der Waals surface area contributed by atoms with Gasteiger partial charge >= 0.3 is 0 Å². The van der Waals surface area contributed by atoms with Gasteiger partial charge in [-0.2, -0.15) is 0 Å². The van der Waals surface area contributed by atoms with E-state index in [1.807, 2.05) is 0 Å². The zero-order valence-corrected chi connectivity index (χ0v) is 15.0. The summed E-state index contributed by atoms with van der Waals surface area (Å²) in [5, 5.41) is 0.497. The van der Waals surface area contributed by atoms with Crippen LogP contribution in [-0.2, 0) is 16.6 Å². The number of hydrogen-bond acceptors (Lipinski definition) is 4. The maximum atomic E-state index is 14.0. The van der Waals surface area contributed by atoms with Crippen molar-refractivity contribution in [2.75, 3.05) is 6.26 Å². The summed E-state index contributed by atoms with van der Waals surface area (Å²) in [6.07, 6.45) is 0.714. The minimum Gasteiger partial charge on any atom is -0.486 e. The van der Waals surface area contributed by atoms with Crippen molar-refractivity contribution >= 4 is 39.1 Å². The van der Waals surface area contributed by atoms with Gasteiger partial charge in [0.1, 0.15) is 12.4 Å². The third-order valence-electron chi connectivity index (χ3n) is 2.96. The number of benzene rings is 2. The number of amides is 1. The topological polar surface area (TPSA) is 72.5 Å². The fraction of sp³-hybridized carbons (Fsp3) is 0.133. The van der Waals surface area contributed by atoms with E-state index in [0.717, 1.165) is 0 Å². The van der Waals surface area contributed by atoms with Gasteiger partial charge in [0.25, 0.3) is 5.91 Å². The summed E-state index contributed by atoms with van der Waals surface area (Å²) < 4.78 is 56.7. The summed E-state index contributed by atoms with van der Waals surface area (Å²) in [7, 11) is -3.91. The molecule has 0 unspecified atom stereocenters. The number of carbonyl (C=O) groups is 1. The second kappa shape index (κ2) is 7.55. The van der Waals surface area contributed by atoms with Gasteiger partial charge in [-0.25, -0.2) is 21.9 Å². The second-order valence-corrected chi connectivity index (χ2v) is 7.50. The van der Waals surface area contributed by atoms with E-state index in [1.54, 1.807) is 22.9 Å². The number of carbonyl (C=O) groups excluding carboxylic acids is 1. The molecule has 134 valence electrons. The average Bonchev–Trinajstić information content (AvgIpc) is 2.49. The highest BCUT2D eigenvalue weighted by Crippen LogP contribution is 2.28. The van der Waals surface area contributed by atoms with Crippen LogP contribution in [0.4, 0.5) is 8.78 Å². The maximum Gasteiger partial charge on any atom is 0.267 e. The summed E-state index contributed by atoms with van der Waals surface area (Å²) >= 11 is 11.8. The Morgan fingerprint density at radius 2 is 1.88 bits per heavy atom. The molecule has 2 aromatic rings.